The molecule has 170 valence electrons. The van der Waals surface area contributed by atoms with Gasteiger partial charge in [-0.3, -0.25) is 20.2 Å². The van der Waals surface area contributed by atoms with Gasteiger partial charge in [0.05, 0.1) is 36.2 Å². The van der Waals surface area contributed by atoms with Crippen molar-refractivity contribution < 1.29 is 28.9 Å². The molecule has 1 rings (SSSR count). The molecule has 0 spiro atoms. The average molecular weight is 445 g/mol. The fourth-order valence-corrected chi connectivity index (χ4v) is 3.64. The van der Waals surface area contributed by atoms with Crippen LogP contribution in [-0.2, 0) is 11.0 Å². The molecule has 0 heterocycles. The zero-order valence-corrected chi connectivity index (χ0v) is 19.5. The number of methoxy groups -OCH3 is 1. The fourth-order valence-electron chi connectivity index (χ4n) is 2.55. The number of aliphatic hydroxyl groups excluding tert-OH is 1. The first-order valence-corrected chi connectivity index (χ1v) is 12.7. The second-order valence-electron chi connectivity index (χ2n) is 8.44. The van der Waals surface area contributed by atoms with Gasteiger partial charge in [0.15, 0.2) is 14.1 Å². The van der Waals surface area contributed by atoms with Gasteiger partial charge >= 0.3 is 5.69 Å². The van der Waals surface area contributed by atoms with E-state index in [-0.39, 0.29) is 23.1 Å². The molecule has 1 aromatic rings. The van der Waals surface area contributed by atoms with E-state index in [9.17, 15) is 25.3 Å². The van der Waals surface area contributed by atoms with Crippen molar-refractivity contribution in [3.63, 3.8) is 0 Å². The summed E-state index contributed by atoms with van der Waals surface area (Å²) in [7, 11) is -0.543. The number of rotatable bonds is 12. The van der Waals surface area contributed by atoms with E-state index in [2.05, 4.69) is 33.9 Å². The first-order valence-electron chi connectivity index (χ1n) is 9.77. The molecule has 0 amide bonds. The van der Waals surface area contributed by atoms with Crippen molar-refractivity contribution in [2.45, 2.75) is 64.8 Å². The molecule has 1 aromatic carbocycles. The summed E-state index contributed by atoms with van der Waals surface area (Å²) >= 11 is 0. The van der Waals surface area contributed by atoms with Gasteiger partial charge in [0, 0.05) is 6.61 Å². The summed E-state index contributed by atoms with van der Waals surface area (Å²) in [6.07, 6.45) is 2.24. The normalized spacial score (nSPS) is 12.0. The third-order valence-electron chi connectivity index (χ3n) is 5.36. The molecule has 0 fully saturated rings. The summed E-state index contributed by atoms with van der Waals surface area (Å²) in [4.78, 5) is 21.1. The van der Waals surface area contributed by atoms with Gasteiger partial charge in [0.25, 0.3) is 5.69 Å². The third kappa shape index (κ3) is 6.38. The van der Waals surface area contributed by atoms with E-state index in [1.165, 1.54) is 7.11 Å². The van der Waals surface area contributed by atoms with E-state index in [1.54, 1.807) is 0 Å². The molecule has 0 saturated heterocycles. The molecular weight excluding hydrogens is 412 g/mol. The van der Waals surface area contributed by atoms with Crippen LogP contribution in [0.3, 0.4) is 0 Å². The van der Waals surface area contributed by atoms with Crippen LogP contribution in [0.15, 0.2) is 6.07 Å². The van der Waals surface area contributed by atoms with Crippen molar-refractivity contribution in [1.82, 2.24) is 0 Å². The molecule has 11 heteroatoms. The second kappa shape index (κ2) is 10.7. The maximum Gasteiger partial charge on any atom is 0.327 e. The van der Waals surface area contributed by atoms with Crippen molar-refractivity contribution in [2.24, 2.45) is 0 Å². The molecule has 0 radical (unpaired) electrons. The first-order chi connectivity index (χ1) is 13.9. The molecule has 0 bridgehead atoms. The molecule has 0 unspecified atom stereocenters. The molecular formula is C19H32N2O8Si. The van der Waals surface area contributed by atoms with Crippen molar-refractivity contribution in [3.05, 3.63) is 31.9 Å². The van der Waals surface area contributed by atoms with E-state index >= 15 is 0 Å². The van der Waals surface area contributed by atoms with E-state index in [0.717, 1.165) is 18.9 Å². The van der Waals surface area contributed by atoms with Crippen LogP contribution in [0.25, 0.3) is 0 Å². The summed E-state index contributed by atoms with van der Waals surface area (Å²) in [5.41, 5.74) is -1.65. The third-order valence-corrected chi connectivity index (χ3v) is 9.90. The average Bonchev–Trinajstić information content (AvgIpc) is 2.64. The molecule has 0 aliphatic heterocycles. The van der Waals surface area contributed by atoms with Crippen molar-refractivity contribution in [2.75, 3.05) is 20.3 Å². The Hall–Kier alpha value is -2.24. The predicted octanol–water partition coefficient (Wildman–Crippen LogP) is 4.57. The van der Waals surface area contributed by atoms with Gasteiger partial charge in [0.2, 0.25) is 5.75 Å². The number of hydrogen-bond acceptors (Lipinski definition) is 8. The number of nitro benzene ring substituents is 2. The van der Waals surface area contributed by atoms with E-state index in [1.807, 2.05) is 0 Å². The smallest absolute Gasteiger partial charge is 0.327 e. The van der Waals surface area contributed by atoms with Gasteiger partial charge in [-0.2, -0.15) is 0 Å². The van der Waals surface area contributed by atoms with Gasteiger partial charge < -0.3 is 19.0 Å². The molecule has 0 saturated carbocycles. The molecule has 10 nitrogen and oxygen atoms in total. The standard InChI is InChI=1S/C19H32N2O8Si/c1-19(2,3)30(5,6)29-11-9-7-8-10-28-18-16(27-4)12-15(20(23)24)14(13-22)17(18)21(25)26/h12,22H,7-11,13H2,1-6H3. The highest BCUT2D eigenvalue weighted by atomic mass is 28.4. The Morgan fingerprint density at radius 2 is 1.67 bits per heavy atom. The van der Waals surface area contributed by atoms with Crippen molar-refractivity contribution in [3.8, 4) is 11.5 Å². The number of hydrogen-bond donors (Lipinski definition) is 1. The molecule has 0 aliphatic carbocycles. The van der Waals surface area contributed by atoms with E-state index < -0.39 is 41.7 Å². The Kier molecular flexibility index (Phi) is 9.19. The topological polar surface area (TPSA) is 134 Å². The first kappa shape index (κ1) is 25.8. The minimum atomic E-state index is -1.79. The second-order valence-corrected chi connectivity index (χ2v) is 13.3. The monoisotopic (exact) mass is 444 g/mol. The number of unbranched alkanes of at least 4 members (excludes halogenated alkanes) is 2. The quantitative estimate of drug-likeness (QED) is 0.214. The largest absolute Gasteiger partial charge is 0.492 e. The summed E-state index contributed by atoms with van der Waals surface area (Å²) in [5, 5.41) is 32.3. The van der Waals surface area contributed by atoms with Crippen LogP contribution in [0.5, 0.6) is 11.5 Å². The van der Waals surface area contributed by atoms with Gasteiger partial charge in [0.1, 0.15) is 5.56 Å². The van der Waals surface area contributed by atoms with Gasteiger partial charge in [-0.05, 0) is 37.4 Å². The van der Waals surface area contributed by atoms with Crippen LogP contribution in [0, 0.1) is 20.2 Å². The lowest BCUT2D eigenvalue weighted by molar-refractivity contribution is -0.396. The Labute approximate surface area is 177 Å². The van der Waals surface area contributed by atoms with E-state index in [4.69, 9.17) is 13.9 Å². The Bertz CT molecular complexity index is 762. The van der Waals surface area contributed by atoms with Gasteiger partial charge in [-0.15, -0.1) is 0 Å². The summed E-state index contributed by atoms with van der Waals surface area (Å²) < 4.78 is 16.7. The van der Waals surface area contributed by atoms with Crippen LogP contribution >= 0.6 is 0 Å². The number of benzene rings is 1. The Balaban J connectivity index is 2.78. The minimum Gasteiger partial charge on any atom is -0.492 e. The van der Waals surface area contributed by atoms with Crippen molar-refractivity contribution in [1.29, 1.82) is 0 Å². The van der Waals surface area contributed by atoms with Gasteiger partial charge in [-0.1, -0.05) is 20.8 Å². The summed E-state index contributed by atoms with van der Waals surface area (Å²) in [6.45, 7) is 10.9. The molecule has 1 N–H and O–H groups in total. The summed E-state index contributed by atoms with van der Waals surface area (Å²) in [6, 6.07) is 1.03. The molecule has 30 heavy (non-hydrogen) atoms. The highest BCUT2D eigenvalue weighted by Gasteiger charge is 2.37. The maximum atomic E-state index is 11.5. The minimum absolute atomic E-state index is 0.119. The summed E-state index contributed by atoms with van der Waals surface area (Å²) in [5.74, 6) is -0.332. The molecule has 0 aliphatic rings. The number of nitrogens with zero attached hydrogens (tertiary/aromatic N) is 2. The lowest BCUT2D eigenvalue weighted by Crippen LogP contribution is -2.40. The van der Waals surface area contributed by atoms with Crippen molar-refractivity contribution >= 4 is 19.7 Å². The van der Waals surface area contributed by atoms with Crippen LogP contribution in [-0.4, -0.2) is 43.6 Å². The zero-order valence-electron chi connectivity index (χ0n) is 18.5. The van der Waals surface area contributed by atoms with Crippen LogP contribution < -0.4 is 9.47 Å². The van der Waals surface area contributed by atoms with Gasteiger partial charge in [-0.25, -0.2) is 0 Å². The highest BCUT2D eigenvalue weighted by molar-refractivity contribution is 6.74. The highest BCUT2D eigenvalue weighted by Crippen LogP contribution is 2.44. The lowest BCUT2D eigenvalue weighted by atomic mass is 10.1. The molecule has 0 aromatic heterocycles. The van der Waals surface area contributed by atoms with Crippen LogP contribution in [0.4, 0.5) is 11.4 Å². The zero-order chi connectivity index (χ0) is 23.1. The number of aliphatic hydroxyl groups is 1. The SMILES string of the molecule is COc1cc([N+](=O)[O-])c(CO)c([N+](=O)[O-])c1OCCCCCO[Si](C)(C)C(C)(C)C. The lowest BCUT2D eigenvalue weighted by Gasteiger charge is -2.36. The van der Waals surface area contributed by atoms with Crippen LogP contribution in [0.1, 0.15) is 45.6 Å². The number of ether oxygens (including phenoxy) is 2. The fraction of sp³-hybridized carbons (Fsp3) is 0.684. The predicted molar refractivity (Wildman–Crippen MR) is 115 cm³/mol. The van der Waals surface area contributed by atoms with Crippen LogP contribution in [0.2, 0.25) is 18.1 Å². The Morgan fingerprint density at radius 1 is 1.07 bits per heavy atom. The maximum absolute atomic E-state index is 11.5. The van der Waals surface area contributed by atoms with E-state index in [0.29, 0.717) is 13.0 Å². The molecule has 0 atom stereocenters. The Morgan fingerprint density at radius 3 is 2.13 bits per heavy atom. The number of nitro groups is 2.